The minimum absolute atomic E-state index is 0. The number of hydrogen-bond donors (Lipinski definition) is 1. The first-order chi connectivity index (χ1) is 7.51. The van der Waals surface area contributed by atoms with Gasteiger partial charge in [-0.2, -0.15) is 0 Å². The number of anilines is 1. The van der Waals surface area contributed by atoms with Crippen LogP contribution in [0.1, 0.15) is 6.92 Å². The van der Waals surface area contributed by atoms with E-state index in [4.69, 9.17) is 0 Å². The van der Waals surface area contributed by atoms with Gasteiger partial charge in [0.2, 0.25) is 0 Å². The fourth-order valence-electron chi connectivity index (χ4n) is 1.32. The summed E-state index contributed by atoms with van der Waals surface area (Å²) in [5, 5.41) is 2.36. The van der Waals surface area contributed by atoms with Gasteiger partial charge in [-0.1, -0.05) is 0 Å². The minimum Gasteiger partial charge on any atom is -0.337 e. The van der Waals surface area contributed by atoms with Crippen LogP contribution in [-0.4, -0.2) is 21.5 Å². The van der Waals surface area contributed by atoms with Gasteiger partial charge in [0.1, 0.15) is 5.82 Å². The molecule has 0 saturated heterocycles. The standard InChI is InChI=1S/C9H13N3O3P.K/c1-4-11-8(14)5-7(10-6(2)13)12(16-3)9(11)15;/h5,16H,2,4H2,1,3H3,(H,10,13);/q-1;+1. The summed E-state index contributed by atoms with van der Waals surface area (Å²) in [6.45, 7) is 6.94. The van der Waals surface area contributed by atoms with E-state index in [0.29, 0.717) is 6.54 Å². The zero-order chi connectivity index (χ0) is 12.3. The molecule has 1 atom stereocenters. The molecule has 1 N–H and O–H groups in total. The molecule has 6 nitrogen and oxygen atoms in total. The van der Waals surface area contributed by atoms with Gasteiger partial charge >= 0.3 is 57.1 Å². The Bertz CT molecular complexity index is 523. The molecule has 0 bridgehead atoms. The topological polar surface area (TPSA) is 73.1 Å². The van der Waals surface area contributed by atoms with E-state index < -0.39 is 17.2 Å². The summed E-state index contributed by atoms with van der Waals surface area (Å²) in [5.41, 5.74) is -0.842. The predicted octanol–water partition coefficient (Wildman–Crippen LogP) is -3.12. The van der Waals surface area contributed by atoms with Gasteiger partial charge in [0.25, 0.3) is 5.56 Å². The normalized spacial score (nSPS) is 10.2. The van der Waals surface area contributed by atoms with Crippen molar-refractivity contribution in [3.8, 4) is 0 Å². The molecule has 0 spiro atoms. The van der Waals surface area contributed by atoms with Crippen molar-refractivity contribution in [1.29, 1.82) is 0 Å². The molecular formula is C9H13KN3O3P. The molecular weight excluding hydrogens is 268 g/mol. The van der Waals surface area contributed by atoms with Gasteiger partial charge in [0, 0.05) is 12.6 Å². The molecule has 1 unspecified atom stereocenters. The molecule has 88 valence electrons. The van der Waals surface area contributed by atoms with Gasteiger partial charge in [-0.15, -0.1) is 0 Å². The van der Waals surface area contributed by atoms with E-state index in [1.54, 1.807) is 13.6 Å². The number of nitrogens with one attached hydrogen (secondary N) is 1. The Balaban J connectivity index is 0.00000256. The van der Waals surface area contributed by atoms with Gasteiger partial charge in [-0.05, 0) is 22.3 Å². The second-order valence-electron chi connectivity index (χ2n) is 3.00. The number of carbonyl (C=O) groups excluding carboxylic acids is 1. The van der Waals surface area contributed by atoms with Crippen LogP contribution < -0.4 is 68.0 Å². The number of amides is 1. The fourth-order valence-corrected chi connectivity index (χ4v) is 1.99. The van der Waals surface area contributed by atoms with E-state index in [0.717, 1.165) is 4.57 Å². The van der Waals surface area contributed by atoms with Crippen molar-refractivity contribution in [2.24, 2.45) is 0 Å². The molecule has 0 aliphatic carbocycles. The van der Waals surface area contributed by atoms with E-state index in [1.807, 2.05) is 0 Å². The first kappa shape index (κ1) is 17.1. The number of nitrogens with zero attached hydrogens (tertiary/aromatic N) is 2. The number of hydrogen-bond acceptors (Lipinski definition) is 3. The van der Waals surface area contributed by atoms with E-state index in [9.17, 15) is 14.4 Å². The number of rotatable bonds is 3. The van der Waals surface area contributed by atoms with E-state index in [-0.39, 0.29) is 65.9 Å². The van der Waals surface area contributed by atoms with Gasteiger partial charge in [-0.3, -0.25) is 13.7 Å². The van der Waals surface area contributed by atoms with Crippen LogP contribution in [0.5, 0.6) is 0 Å². The van der Waals surface area contributed by atoms with Crippen molar-refractivity contribution >= 4 is 20.5 Å². The molecule has 0 aliphatic rings. The van der Waals surface area contributed by atoms with E-state index in [2.05, 4.69) is 12.2 Å². The van der Waals surface area contributed by atoms with Gasteiger partial charge in [-0.25, -0.2) is 4.79 Å². The molecule has 0 aliphatic heterocycles. The summed E-state index contributed by atoms with van der Waals surface area (Å²) in [6.07, 6.45) is 0. The third-order valence-corrected chi connectivity index (χ3v) is 2.88. The fraction of sp³-hybridized carbons (Fsp3) is 0.333. The second-order valence-corrected chi connectivity index (χ2v) is 3.90. The van der Waals surface area contributed by atoms with Gasteiger partial charge < -0.3 is 17.0 Å². The third kappa shape index (κ3) is 4.05. The van der Waals surface area contributed by atoms with Crippen LogP contribution >= 0.6 is 8.73 Å². The van der Waals surface area contributed by atoms with Crippen molar-refractivity contribution in [2.45, 2.75) is 13.5 Å². The van der Waals surface area contributed by atoms with Crippen molar-refractivity contribution in [3.63, 3.8) is 0 Å². The molecule has 0 radical (unpaired) electrons. The number of carbonyl (C=O) groups is 1. The van der Waals surface area contributed by atoms with Crippen LogP contribution in [0.25, 0.3) is 0 Å². The first-order valence-corrected chi connectivity index (χ1v) is 6.13. The summed E-state index contributed by atoms with van der Waals surface area (Å²) >= 11 is 0. The molecule has 17 heavy (non-hydrogen) atoms. The number of aromatic nitrogens is 2. The maximum Gasteiger partial charge on any atom is 1.00 e. The maximum absolute atomic E-state index is 11.8. The Kier molecular flexibility index (Phi) is 7.54. The van der Waals surface area contributed by atoms with E-state index in [1.165, 1.54) is 10.4 Å². The largest absolute Gasteiger partial charge is 1.00 e. The Morgan fingerprint density at radius 1 is 1.53 bits per heavy atom. The molecule has 1 amide bonds. The Morgan fingerprint density at radius 3 is 2.53 bits per heavy atom. The van der Waals surface area contributed by atoms with Crippen LogP contribution in [0.3, 0.4) is 0 Å². The van der Waals surface area contributed by atoms with Crippen molar-refractivity contribution < 1.29 is 56.2 Å². The van der Waals surface area contributed by atoms with E-state index >= 15 is 0 Å². The average molecular weight is 281 g/mol. The zero-order valence-corrected chi connectivity index (χ0v) is 14.2. The van der Waals surface area contributed by atoms with Gasteiger partial charge in [0.15, 0.2) is 0 Å². The molecule has 0 saturated carbocycles. The molecule has 1 aromatic heterocycles. The SMILES string of the molecule is [CH2-]C(=O)Nc1cc(=O)n(CC)c(=O)n1PC.[K+]. The third-order valence-electron chi connectivity index (χ3n) is 2.00. The molecule has 1 rings (SSSR count). The van der Waals surface area contributed by atoms with Gasteiger partial charge in [0.05, 0.1) is 5.91 Å². The summed E-state index contributed by atoms with van der Waals surface area (Å²) in [5.74, 6) is -0.361. The van der Waals surface area contributed by atoms with Crippen LogP contribution in [0.4, 0.5) is 5.82 Å². The van der Waals surface area contributed by atoms with Crippen LogP contribution in [0.2, 0.25) is 0 Å². The molecule has 1 aromatic rings. The zero-order valence-electron chi connectivity index (χ0n) is 10.1. The average Bonchev–Trinajstić information content (AvgIpc) is 2.17. The van der Waals surface area contributed by atoms with Crippen molar-refractivity contribution in [3.05, 3.63) is 33.8 Å². The van der Waals surface area contributed by atoms with Crippen molar-refractivity contribution in [1.82, 2.24) is 8.90 Å². The minimum atomic E-state index is -0.556. The summed E-state index contributed by atoms with van der Waals surface area (Å²) < 4.78 is 2.45. The first-order valence-electron chi connectivity index (χ1n) is 4.68. The molecule has 0 fully saturated rings. The second kappa shape index (κ2) is 7.51. The van der Waals surface area contributed by atoms with Crippen molar-refractivity contribution in [2.75, 3.05) is 12.0 Å². The molecule has 0 aromatic carbocycles. The summed E-state index contributed by atoms with van der Waals surface area (Å²) in [4.78, 5) is 34.2. The van der Waals surface area contributed by atoms with Crippen LogP contribution in [0, 0.1) is 6.92 Å². The predicted molar refractivity (Wildman–Crippen MR) is 64.3 cm³/mol. The summed E-state index contributed by atoms with van der Waals surface area (Å²) in [7, 11) is 0.125. The molecule has 1 heterocycles. The maximum atomic E-state index is 11.8. The summed E-state index contributed by atoms with van der Waals surface area (Å²) in [6, 6.07) is 1.23. The monoisotopic (exact) mass is 281 g/mol. The molecule has 8 heteroatoms. The van der Waals surface area contributed by atoms with Crippen LogP contribution in [-0.2, 0) is 11.3 Å². The quantitative estimate of drug-likeness (QED) is 0.362. The Morgan fingerprint density at radius 2 is 2.12 bits per heavy atom. The smallest absolute Gasteiger partial charge is 0.337 e. The Labute approximate surface area is 143 Å². The van der Waals surface area contributed by atoms with Crippen LogP contribution in [0.15, 0.2) is 15.7 Å². The Hall–Kier alpha value is 0.0864.